The van der Waals surface area contributed by atoms with Crippen molar-refractivity contribution >= 4 is 29.9 Å². The topological polar surface area (TPSA) is 45.5 Å². The van der Waals surface area contributed by atoms with Crippen molar-refractivity contribution in [1.29, 1.82) is 0 Å². The Morgan fingerprint density at radius 3 is 2.52 bits per heavy atom. The van der Waals surface area contributed by atoms with Gasteiger partial charge < -0.3 is 10.2 Å². The average molecular weight is 459 g/mol. The highest BCUT2D eigenvalue weighted by Gasteiger charge is 2.41. The molecule has 2 fully saturated rings. The van der Waals surface area contributed by atoms with E-state index in [1.165, 1.54) is 55.6 Å². The van der Waals surface area contributed by atoms with Crippen LogP contribution in [-0.4, -0.2) is 40.8 Å². The maximum Gasteiger partial charge on any atom is 0.193 e. The monoisotopic (exact) mass is 459 g/mol. The van der Waals surface area contributed by atoms with Crippen molar-refractivity contribution in [3.8, 4) is 0 Å². The van der Waals surface area contributed by atoms with Crippen molar-refractivity contribution in [3.05, 3.63) is 17.0 Å². The first-order chi connectivity index (χ1) is 11.6. The van der Waals surface area contributed by atoms with Crippen LogP contribution in [0.2, 0.25) is 0 Å². The van der Waals surface area contributed by atoms with E-state index in [2.05, 4.69) is 41.2 Å². The molecule has 2 aliphatic rings. The maximum absolute atomic E-state index is 4.68. The lowest BCUT2D eigenvalue weighted by molar-refractivity contribution is 0.309. The molecule has 6 heteroatoms. The summed E-state index contributed by atoms with van der Waals surface area (Å²) in [5.74, 6) is 1.06. The molecule has 1 saturated heterocycles. The third-order valence-electron chi connectivity index (χ3n) is 6.06. The number of likely N-dealkylation sites (tertiary alicyclic amines) is 1. The van der Waals surface area contributed by atoms with Crippen LogP contribution in [0.15, 0.2) is 4.99 Å². The molecule has 1 aliphatic carbocycles. The lowest BCUT2D eigenvalue weighted by atomic mass is 9.86. The Balaban J connectivity index is 0.00000225. The molecule has 1 aromatic heterocycles. The van der Waals surface area contributed by atoms with Crippen LogP contribution in [0.5, 0.6) is 0 Å². The predicted molar refractivity (Wildman–Crippen MR) is 115 cm³/mol. The smallest absolute Gasteiger partial charge is 0.193 e. The van der Waals surface area contributed by atoms with E-state index in [9.17, 15) is 0 Å². The van der Waals surface area contributed by atoms with Crippen LogP contribution in [0, 0.1) is 5.41 Å². The number of guanidine groups is 1. The van der Waals surface area contributed by atoms with E-state index < -0.39 is 0 Å². The lowest BCUT2D eigenvalue weighted by Crippen LogP contribution is -2.40. The molecular formula is C19H34IN5. The number of nitrogens with zero attached hydrogens (tertiary/aromatic N) is 4. The molecule has 0 bridgehead atoms. The first-order valence-corrected chi connectivity index (χ1v) is 9.61. The molecule has 0 radical (unpaired) electrons. The highest BCUT2D eigenvalue weighted by molar-refractivity contribution is 14.0. The normalized spacial score (nSPS) is 19.5. The molecule has 142 valence electrons. The molecule has 0 atom stereocenters. The largest absolute Gasteiger partial charge is 0.352 e. The van der Waals surface area contributed by atoms with Crippen molar-refractivity contribution in [2.75, 3.05) is 20.1 Å². The Kier molecular flexibility index (Phi) is 7.17. The van der Waals surface area contributed by atoms with E-state index in [4.69, 9.17) is 0 Å². The minimum Gasteiger partial charge on any atom is -0.352 e. The zero-order valence-corrected chi connectivity index (χ0v) is 18.6. The van der Waals surface area contributed by atoms with Crippen molar-refractivity contribution in [2.45, 2.75) is 65.3 Å². The number of nitrogens with one attached hydrogen (secondary N) is 1. The summed E-state index contributed by atoms with van der Waals surface area (Å²) in [7, 11) is 3.97. The standard InChI is InChI=1S/C19H33N5.HI/c1-5-16-15(17(6-2)23(4)22-16)13-21-18(20-3)24-12-11-19(14-24)9-7-8-10-19;/h5-14H2,1-4H3,(H,20,21);1H. The molecule has 1 aromatic rings. The van der Waals surface area contributed by atoms with E-state index in [-0.39, 0.29) is 24.0 Å². The van der Waals surface area contributed by atoms with Crippen LogP contribution in [-0.2, 0) is 26.4 Å². The Morgan fingerprint density at radius 2 is 1.92 bits per heavy atom. The second kappa shape index (κ2) is 8.73. The molecule has 3 rings (SSSR count). The van der Waals surface area contributed by atoms with E-state index in [1.54, 1.807) is 0 Å². The fraction of sp³-hybridized carbons (Fsp3) is 0.789. The first kappa shape index (κ1) is 20.5. The summed E-state index contributed by atoms with van der Waals surface area (Å²) in [6, 6.07) is 0. The second-order valence-electron chi connectivity index (χ2n) is 7.48. The molecule has 0 unspecified atom stereocenters. The van der Waals surface area contributed by atoms with Gasteiger partial charge in [-0.15, -0.1) is 24.0 Å². The number of aliphatic imine (C=N–C) groups is 1. The van der Waals surface area contributed by atoms with E-state index in [0.717, 1.165) is 31.9 Å². The molecule has 1 saturated carbocycles. The van der Waals surface area contributed by atoms with Crippen LogP contribution < -0.4 is 5.32 Å². The van der Waals surface area contributed by atoms with Gasteiger partial charge in [0.15, 0.2) is 5.96 Å². The molecule has 25 heavy (non-hydrogen) atoms. The Morgan fingerprint density at radius 1 is 1.20 bits per heavy atom. The Bertz CT molecular complexity index is 601. The molecular weight excluding hydrogens is 425 g/mol. The van der Waals surface area contributed by atoms with Gasteiger partial charge >= 0.3 is 0 Å². The third kappa shape index (κ3) is 4.14. The lowest BCUT2D eigenvalue weighted by Gasteiger charge is -2.26. The Labute approximate surface area is 169 Å². The number of aryl methyl sites for hydroxylation is 2. The summed E-state index contributed by atoms with van der Waals surface area (Å²) < 4.78 is 2.04. The quantitative estimate of drug-likeness (QED) is 0.426. The van der Waals surface area contributed by atoms with Gasteiger partial charge in [-0.2, -0.15) is 5.10 Å². The SMILES string of the molecule is CCc1nn(C)c(CC)c1CNC(=NC)N1CCC2(CCCC2)C1.I. The summed E-state index contributed by atoms with van der Waals surface area (Å²) in [4.78, 5) is 7.03. The van der Waals surface area contributed by atoms with Gasteiger partial charge in [0.1, 0.15) is 0 Å². The predicted octanol–water partition coefficient (Wildman–Crippen LogP) is 3.50. The second-order valence-corrected chi connectivity index (χ2v) is 7.48. The van der Waals surface area contributed by atoms with Crippen molar-refractivity contribution in [3.63, 3.8) is 0 Å². The first-order valence-electron chi connectivity index (χ1n) is 9.61. The van der Waals surface area contributed by atoms with Crippen molar-refractivity contribution < 1.29 is 0 Å². The number of aromatic nitrogens is 2. The van der Waals surface area contributed by atoms with Crippen LogP contribution >= 0.6 is 24.0 Å². The average Bonchev–Trinajstić information content (AvgIpc) is 3.29. The molecule has 0 aromatic carbocycles. The number of halogens is 1. The fourth-order valence-electron chi connectivity index (χ4n) is 4.74. The maximum atomic E-state index is 4.68. The van der Waals surface area contributed by atoms with Gasteiger partial charge in [-0.25, -0.2) is 0 Å². The van der Waals surface area contributed by atoms with Crippen LogP contribution in [0.1, 0.15) is 62.9 Å². The van der Waals surface area contributed by atoms with Gasteiger partial charge in [-0.05, 0) is 37.5 Å². The Hall–Kier alpha value is -0.790. The van der Waals surface area contributed by atoms with E-state index >= 15 is 0 Å². The van der Waals surface area contributed by atoms with Crippen LogP contribution in [0.4, 0.5) is 0 Å². The van der Waals surface area contributed by atoms with Gasteiger partial charge in [0, 0.05) is 45.0 Å². The van der Waals surface area contributed by atoms with E-state index in [0.29, 0.717) is 5.41 Å². The van der Waals surface area contributed by atoms with Crippen molar-refractivity contribution in [1.82, 2.24) is 20.0 Å². The summed E-state index contributed by atoms with van der Waals surface area (Å²) in [5, 5.41) is 8.30. The molecule has 2 heterocycles. The number of hydrogen-bond donors (Lipinski definition) is 1. The molecule has 1 aliphatic heterocycles. The minimum atomic E-state index is 0. The molecule has 1 spiro atoms. The zero-order chi connectivity index (χ0) is 17.2. The van der Waals surface area contributed by atoms with Crippen LogP contribution in [0.3, 0.4) is 0 Å². The summed E-state index contributed by atoms with van der Waals surface area (Å²) in [6.07, 6.45) is 8.97. The molecule has 0 amide bonds. The number of hydrogen-bond acceptors (Lipinski definition) is 2. The van der Waals surface area contributed by atoms with Gasteiger partial charge in [-0.1, -0.05) is 26.7 Å². The van der Waals surface area contributed by atoms with Gasteiger partial charge in [0.05, 0.1) is 5.69 Å². The fourth-order valence-corrected chi connectivity index (χ4v) is 4.74. The van der Waals surface area contributed by atoms with Gasteiger partial charge in [0.25, 0.3) is 0 Å². The highest BCUT2D eigenvalue weighted by Crippen LogP contribution is 2.45. The summed E-state index contributed by atoms with van der Waals surface area (Å²) in [5.41, 5.74) is 4.49. The molecule has 1 N–H and O–H groups in total. The van der Waals surface area contributed by atoms with Gasteiger partial charge in [0.2, 0.25) is 0 Å². The summed E-state index contributed by atoms with van der Waals surface area (Å²) in [6.45, 7) is 7.55. The zero-order valence-electron chi connectivity index (χ0n) is 16.3. The van der Waals surface area contributed by atoms with Crippen LogP contribution in [0.25, 0.3) is 0 Å². The third-order valence-corrected chi connectivity index (χ3v) is 6.06. The van der Waals surface area contributed by atoms with Crippen molar-refractivity contribution in [2.24, 2.45) is 17.5 Å². The number of rotatable bonds is 4. The van der Waals surface area contributed by atoms with Gasteiger partial charge in [-0.3, -0.25) is 9.67 Å². The summed E-state index contributed by atoms with van der Waals surface area (Å²) >= 11 is 0. The van der Waals surface area contributed by atoms with E-state index in [1.807, 2.05) is 11.7 Å². The highest BCUT2D eigenvalue weighted by atomic mass is 127. The minimum absolute atomic E-state index is 0. The molecule has 5 nitrogen and oxygen atoms in total.